The molecule has 0 heterocycles. The highest BCUT2D eigenvalue weighted by Gasteiger charge is 2.34. The number of hydrogen-bond donors (Lipinski definition) is 3. The van der Waals surface area contributed by atoms with Crippen LogP contribution in [-0.2, 0) is 27.4 Å². The molecule has 1 amide bonds. The maximum Gasteiger partial charge on any atom is 0.416 e. The van der Waals surface area contributed by atoms with Gasteiger partial charge in [0.1, 0.15) is 11.9 Å². The van der Waals surface area contributed by atoms with E-state index in [-0.39, 0.29) is 23.2 Å². The zero-order valence-electron chi connectivity index (χ0n) is 20.0. The molecule has 196 valence electrons. The van der Waals surface area contributed by atoms with Gasteiger partial charge in [0.25, 0.3) is 0 Å². The van der Waals surface area contributed by atoms with Crippen molar-refractivity contribution in [2.75, 3.05) is 14.1 Å². The van der Waals surface area contributed by atoms with Crippen molar-refractivity contribution in [3.63, 3.8) is 0 Å². The summed E-state index contributed by atoms with van der Waals surface area (Å²) >= 11 is 0. The number of benzene rings is 2. The molecular weight excluding hydrogens is 495 g/mol. The van der Waals surface area contributed by atoms with Crippen LogP contribution in [0.4, 0.5) is 13.2 Å². The number of rotatable bonds is 8. The third-order valence-corrected chi connectivity index (χ3v) is 7.81. The number of halogens is 3. The van der Waals surface area contributed by atoms with Crippen LogP contribution in [0.15, 0.2) is 53.4 Å². The van der Waals surface area contributed by atoms with Crippen molar-refractivity contribution in [1.29, 1.82) is 5.41 Å². The smallest absolute Gasteiger partial charge is 0.341 e. The Morgan fingerprint density at radius 3 is 2.14 bits per heavy atom. The molecule has 8 nitrogen and oxygen atoms in total. The fourth-order valence-corrected chi connectivity index (χ4v) is 5.40. The van der Waals surface area contributed by atoms with Crippen LogP contribution in [0.3, 0.4) is 0 Å². The predicted molar refractivity (Wildman–Crippen MR) is 130 cm³/mol. The topological polar surface area (TPSA) is 120 Å². The highest BCUT2D eigenvalue weighted by atomic mass is 32.2. The van der Waals surface area contributed by atoms with E-state index in [1.807, 2.05) is 0 Å². The largest absolute Gasteiger partial charge is 0.416 e. The van der Waals surface area contributed by atoms with Crippen LogP contribution in [0.25, 0.3) is 0 Å². The maximum absolute atomic E-state index is 13.4. The van der Waals surface area contributed by atoms with E-state index in [1.54, 1.807) is 36.2 Å². The van der Waals surface area contributed by atoms with Crippen LogP contribution in [0.5, 0.6) is 0 Å². The number of amidine groups is 1. The number of alkyl halides is 3. The molecule has 0 spiro atoms. The number of hydrazine groups is 1. The van der Waals surface area contributed by atoms with E-state index in [9.17, 15) is 26.4 Å². The van der Waals surface area contributed by atoms with E-state index in [4.69, 9.17) is 11.3 Å². The molecule has 1 fully saturated rings. The number of amides is 1. The van der Waals surface area contributed by atoms with Gasteiger partial charge < -0.3 is 4.90 Å². The first kappa shape index (κ1) is 27.6. The molecule has 4 N–H and O–H groups in total. The Balaban J connectivity index is 1.87. The molecule has 1 aliphatic rings. The van der Waals surface area contributed by atoms with Gasteiger partial charge in [0, 0.05) is 25.7 Å². The molecule has 0 aromatic heterocycles. The number of nitrogens with zero attached hydrogens (tertiary/aromatic N) is 2. The van der Waals surface area contributed by atoms with Crippen LogP contribution in [0.2, 0.25) is 0 Å². The van der Waals surface area contributed by atoms with Gasteiger partial charge >= 0.3 is 6.18 Å². The molecule has 1 atom stereocenters. The fraction of sp³-hybridized carbons (Fsp3) is 0.417. The van der Waals surface area contributed by atoms with Crippen molar-refractivity contribution in [1.82, 2.24) is 14.6 Å². The first-order chi connectivity index (χ1) is 16.8. The van der Waals surface area contributed by atoms with E-state index in [0.717, 1.165) is 42.8 Å². The highest BCUT2D eigenvalue weighted by Crippen LogP contribution is 2.30. The summed E-state index contributed by atoms with van der Waals surface area (Å²) in [6, 6.07) is 8.60. The van der Waals surface area contributed by atoms with Gasteiger partial charge in [-0.15, -0.1) is 0 Å². The fourth-order valence-electron chi connectivity index (χ4n) is 4.21. The number of nitrogens with two attached hydrogens (primary N) is 1. The Morgan fingerprint density at radius 2 is 1.64 bits per heavy atom. The van der Waals surface area contributed by atoms with E-state index in [1.165, 1.54) is 7.05 Å². The van der Waals surface area contributed by atoms with Gasteiger partial charge in [0.2, 0.25) is 15.9 Å². The van der Waals surface area contributed by atoms with Gasteiger partial charge in [0.15, 0.2) is 0 Å². The Labute approximate surface area is 208 Å². The summed E-state index contributed by atoms with van der Waals surface area (Å²) in [6.07, 6.45) is -0.976. The molecule has 3 rings (SSSR count). The molecule has 0 aliphatic heterocycles. The molecule has 12 heteroatoms. The van der Waals surface area contributed by atoms with Gasteiger partial charge in [0.05, 0.1) is 10.5 Å². The summed E-state index contributed by atoms with van der Waals surface area (Å²) < 4.78 is 67.2. The first-order valence-electron chi connectivity index (χ1n) is 11.4. The van der Waals surface area contributed by atoms with Crippen LogP contribution in [-0.4, -0.2) is 56.2 Å². The number of nitrogens with one attached hydrogen (secondary N) is 2. The van der Waals surface area contributed by atoms with Crippen LogP contribution in [0, 0.1) is 5.41 Å². The minimum absolute atomic E-state index is 0.00138. The lowest BCUT2D eigenvalue weighted by atomic mass is 10.0. The van der Waals surface area contributed by atoms with Crippen molar-refractivity contribution >= 4 is 21.8 Å². The minimum atomic E-state index is -4.60. The first-order valence-corrected chi connectivity index (χ1v) is 12.9. The molecule has 2 aromatic carbocycles. The highest BCUT2D eigenvalue weighted by molar-refractivity contribution is 7.89. The standard InChI is InChI=1S/C24H30F3N5O3S/c1-31(19-5-3-4-6-19)23(33)21(15-16-7-9-17(10-8-16)22(28)32(2)29)30-36(34,35)20-13-11-18(12-14-20)24(25,26)27/h7-14,19,21,28,30H,3-6,15,29H2,1-2H3/t21-/m0/s1. The minimum Gasteiger partial charge on any atom is -0.341 e. The average molecular weight is 526 g/mol. The summed E-state index contributed by atoms with van der Waals surface area (Å²) in [4.78, 5) is 14.6. The lowest BCUT2D eigenvalue weighted by Crippen LogP contribution is -2.50. The number of carbonyl (C=O) groups excluding carboxylic acids is 1. The predicted octanol–water partition coefficient (Wildman–Crippen LogP) is 3.13. The van der Waals surface area contributed by atoms with E-state index in [0.29, 0.717) is 23.3 Å². The maximum atomic E-state index is 13.4. The average Bonchev–Trinajstić information content (AvgIpc) is 3.37. The summed E-state index contributed by atoms with van der Waals surface area (Å²) in [5.74, 6) is 5.26. The van der Waals surface area contributed by atoms with Crippen molar-refractivity contribution in [3.05, 3.63) is 65.2 Å². The van der Waals surface area contributed by atoms with Crippen molar-refractivity contribution in [3.8, 4) is 0 Å². The Morgan fingerprint density at radius 1 is 1.08 bits per heavy atom. The monoisotopic (exact) mass is 525 g/mol. The van der Waals surface area contributed by atoms with E-state index >= 15 is 0 Å². The van der Waals surface area contributed by atoms with E-state index in [2.05, 4.69) is 4.72 Å². The Kier molecular flexibility index (Phi) is 8.42. The SMILES string of the molecule is CN(N)C(=N)c1ccc(C[C@H](NS(=O)(=O)c2ccc(C(F)(F)F)cc2)C(=O)N(C)C2CCCC2)cc1. The van der Waals surface area contributed by atoms with Crippen LogP contribution in [0.1, 0.15) is 42.4 Å². The summed E-state index contributed by atoms with van der Waals surface area (Å²) in [6.45, 7) is 0. The van der Waals surface area contributed by atoms with Gasteiger partial charge in [-0.3, -0.25) is 15.2 Å². The molecule has 1 saturated carbocycles. The third-order valence-electron chi connectivity index (χ3n) is 6.33. The Hall–Kier alpha value is -2.96. The Bertz CT molecular complexity index is 1180. The quantitative estimate of drug-likeness (QED) is 0.212. The second-order valence-corrected chi connectivity index (χ2v) is 10.7. The molecular formula is C24H30F3N5O3S. The third kappa shape index (κ3) is 6.62. The van der Waals surface area contributed by atoms with Gasteiger partial charge in [-0.2, -0.15) is 17.9 Å². The summed E-state index contributed by atoms with van der Waals surface area (Å²) in [5.41, 5.74) is 0.211. The second-order valence-electron chi connectivity index (χ2n) is 8.94. The number of likely N-dealkylation sites (N-methyl/N-ethyl adjacent to an activating group) is 1. The lowest BCUT2D eigenvalue weighted by molar-refractivity contribution is -0.137. The lowest BCUT2D eigenvalue weighted by Gasteiger charge is -2.29. The molecule has 0 unspecified atom stereocenters. The molecule has 0 radical (unpaired) electrons. The van der Waals surface area contributed by atoms with Gasteiger partial charge in [-0.25, -0.2) is 14.3 Å². The van der Waals surface area contributed by atoms with Crippen molar-refractivity contribution in [2.45, 2.75) is 55.3 Å². The zero-order chi connectivity index (χ0) is 26.7. The molecule has 36 heavy (non-hydrogen) atoms. The normalized spacial score (nSPS) is 15.5. The molecule has 0 bridgehead atoms. The van der Waals surface area contributed by atoms with Crippen LogP contribution < -0.4 is 10.6 Å². The molecule has 1 aliphatic carbocycles. The van der Waals surface area contributed by atoms with Crippen LogP contribution >= 0.6 is 0 Å². The van der Waals surface area contributed by atoms with Crippen molar-refractivity contribution < 1.29 is 26.4 Å². The number of hydrogen-bond acceptors (Lipinski definition) is 5. The molecule has 2 aromatic rings. The van der Waals surface area contributed by atoms with Crippen molar-refractivity contribution in [2.24, 2.45) is 5.84 Å². The second kappa shape index (κ2) is 11.0. The number of carbonyl (C=O) groups is 1. The van der Waals surface area contributed by atoms with E-state index < -0.39 is 33.7 Å². The van der Waals surface area contributed by atoms with Gasteiger partial charge in [-0.05, 0) is 49.1 Å². The summed E-state index contributed by atoms with van der Waals surface area (Å²) in [7, 11) is -1.13. The van der Waals surface area contributed by atoms with Gasteiger partial charge in [-0.1, -0.05) is 37.1 Å². The number of sulfonamides is 1. The summed E-state index contributed by atoms with van der Waals surface area (Å²) in [5, 5.41) is 9.11. The zero-order valence-corrected chi connectivity index (χ0v) is 20.9. The molecule has 0 saturated heterocycles.